The monoisotopic (exact) mass is 468 g/mol. The Morgan fingerprint density at radius 2 is 1.53 bits per heavy atom. The second kappa shape index (κ2) is 10.6. The van der Waals surface area contributed by atoms with Crippen LogP contribution in [0.5, 0.6) is 0 Å². The third-order valence-electron chi connectivity index (χ3n) is 4.52. The van der Waals surface area contributed by atoms with Crippen molar-refractivity contribution in [2.24, 2.45) is 0 Å². The molecule has 2 N–H and O–H groups in total. The Morgan fingerprint density at radius 1 is 0.882 bits per heavy atom. The van der Waals surface area contributed by atoms with E-state index in [1.54, 1.807) is 0 Å². The number of benzene rings is 3. The first kappa shape index (κ1) is 23.8. The highest BCUT2D eigenvalue weighted by Gasteiger charge is 2.21. The summed E-state index contributed by atoms with van der Waals surface area (Å²) >= 11 is 0. The molecule has 0 aliphatic heterocycles. The van der Waals surface area contributed by atoms with Gasteiger partial charge in [0.2, 0.25) is 0 Å². The molecule has 0 saturated carbocycles. The van der Waals surface area contributed by atoms with Gasteiger partial charge in [0.15, 0.2) is 6.61 Å². The zero-order chi connectivity index (χ0) is 24.7. The molecule has 34 heavy (non-hydrogen) atoms. The summed E-state index contributed by atoms with van der Waals surface area (Å²) in [6.07, 6.45) is 0. The molecule has 0 saturated heterocycles. The molecular formula is C22H17FN4O7. The van der Waals surface area contributed by atoms with Gasteiger partial charge >= 0.3 is 5.97 Å². The lowest BCUT2D eigenvalue weighted by Gasteiger charge is -2.10. The van der Waals surface area contributed by atoms with Crippen LogP contribution in [0.15, 0.2) is 66.7 Å². The van der Waals surface area contributed by atoms with Crippen LogP contribution in [0, 0.1) is 26.0 Å². The normalized spacial score (nSPS) is 10.3. The van der Waals surface area contributed by atoms with Crippen LogP contribution >= 0.6 is 0 Å². The van der Waals surface area contributed by atoms with Crippen LogP contribution in [0.3, 0.4) is 0 Å². The van der Waals surface area contributed by atoms with Gasteiger partial charge < -0.3 is 15.4 Å². The van der Waals surface area contributed by atoms with E-state index in [-0.39, 0.29) is 22.6 Å². The lowest BCUT2D eigenvalue weighted by molar-refractivity contribution is -0.384. The third-order valence-corrected chi connectivity index (χ3v) is 4.52. The fourth-order valence-corrected chi connectivity index (χ4v) is 2.91. The quantitative estimate of drug-likeness (QED) is 0.271. The Bertz CT molecular complexity index is 1250. The molecule has 0 atom stereocenters. The summed E-state index contributed by atoms with van der Waals surface area (Å²) in [7, 11) is 0. The first-order valence-corrected chi connectivity index (χ1v) is 9.71. The standard InChI is InChI=1S/C22H17FN4O7/c23-16-7-9-18(20(11-16)27(32)33)25-21(28)13-34-22(29)15-6-8-17(19(10-15)26(30)31)24-12-14-4-2-1-3-5-14/h1-11,24H,12-13H2,(H,25,28). The van der Waals surface area contributed by atoms with Gasteiger partial charge in [-0.05, 0) is 29.8 Å². The molecule has 0 heterocycles. The third kappa shape index (κ3) is 6.09. The van der Waals surface area contributed by atoms with Gasteiger partial charge in [-0.2, -0.15) is 0 Å². The first-order valence-electron chi connectivity index (χ1n) is 9.71. The van der Waals surface area contributed by atoms with Gasteiger partial charge in [0, 0.05) is 12.6 Å². The number of nitrogens with zero attached hydrogens (tertiary/aromatic N) is 2. The molecule has 0 spiro atoms. The zero-order valence-corrected chi connectivity index (χ0v) is 17.4. The van der Waals surface area contributed by atoms with Crippen molar-refractivity contribution in [3.8, 4) is 0 Å². The average molecular weight is 468 g/mol. The zero-order valence-electron chi connectivity index (χ0n) is 17.4. The molecule has 3 aromatic rings. The predicted molar refractivity (Wildman–Crippen MR) is 119 cm³/mol. The highest BCUT2D eigenvalue weighted by Crippen LogP contribution is 2.27. The van der Waals surface area contributed by atoms with Crippen molar-refractivity contribution in [1.29, 1.82) is 0 Å². The summed E-state index contributed by atoms with van der Waals surface area (Å²) in [6.45, 7) is -0.504. The van der Waals surface area contributed by atoms with E-state index in [0.717, 1.165) is 23.8 Å². The van der Waals surface area contributed by atoms with Crippen molar-refractivity contribution < 1.29 is 28.6 Å². The number of carbonyl (C=O) groups excluding carboxylic acids is 2. The van der Waals surface area contributed by atoms with Crippen LogP contribution in [0.4, 0.5) is 27.1 Å². The molecule has 174 valence electrons. The second-order valence-corrected chi connectivity index (χ2v) is 6.87. The van der Waals surface area contributed by atoms with Crippen LogP contribution in [-0.2, 0) is 16.1 Å². The van der Waals surface area contributed by atoms with Gasteiger partial charge in [0.05, 0.1) is 21.5 Å². The van der Waals surface area contributed by atoms with Crippen LogP contribution in [0.1, 0.15) is 15.9 Å². The predicted octanol–water partition coefficient (Wildman–Crippen LogP) is 4.05. The van der Waals surface area contributed by atoms with Gasteiger partial charge in [0.25, 0.3) is 17.3 Å². The van der Waals surface area contributed by atoms with Crippen LogP contribution < -0.4 is 10.6 Å². The number of nitro groups is 2. The van der Waals surface area contributed by atoms with Crippen molar-refractivity contribution in [3.63, 3.8) is 0 Å². The molecule has 0 aliphatic rings. The van der Waals surface area contributed by atoms with E-state index in [1.165, 1.54) is 12.1 Å². The van der Waals surface area contributed by atoms with E-state index in [0.29, 0.717) is 12.6 Å². The minimum absolute atomic E-state index is 0.169. The van der Waals surface area contributed by atoms with E-state index in [1.807, 2.05) is 30.3 Å². The Hall–Kier alpha value is -4.87. The van der Waals surface area contributed by atoms with Crippen LogP contribution in [0.2, 0.25) is 0 Å². The number of nitro benzene ring substituents is 2. The fourth-order valence-electron chi connectivity index (χ4n) is 2.91. The van der Waals surface area contributed by atoms with Crippen molar-refractivity contribution >= 4 is 34.6 Å². The molecule has 1 amide bonds. The smallest absolute Gasteiger partial charge is 0.338 e. The lowest BCUT2D eigenvalue weighted by Crippen LogP contribution is -2.21. The number of amides is 1. The van der Waals surface area contributed by atoms with Gasteiger partial charge in [-0.25, -0.2) is 9.18 Å². The molecule has 0 fully saturated rings. The maximum atomic E-state index is 13.2. The van der Waals surface area contributed by atoms with Gasteiger partial charge in [-0.15, -0.1) is 0 Å². The Balaban J connectivity index is 1.64. The number of carbonyl (C=O) groups is 2. The summed E-state index contributed by atoms with van der Waals surface area (Å²) in [6, 6.07) is 15.4. The summed E-state index contributed by atoms with van der Waals surface area (Å²) in [5.41, 5.74) is -0.403. The number of hydrogen-bond donors (Lipinski definition) is 2. The topological polar surface area (TPSA) is 154 Å². The average Bonchev–Trinajstić information content (AvgIpc) is 2.82. The maximum absolute atomic E-state index is 13.2. The molecule has 3 rings (SSSR count). The van der Waals surface area contributed by atoms with Gasteiger partial charge in [0.1, 0.15) is 17.2 Å². The minimum Gasteiger partial charge on any atom is -0.452 e. The Morgan fingerprint density at radius 3 is 2.21 bits per heavy atom. The lowest BCUT2D eigenvalue weighted by atomic mass is 10.1. The number of nitrogens with one attached hydrogen (secondary N) is 2. The molecule has 3 aromatic carbocycles. The van der Waals surface area contributed by atoms with Crippen LogP contribution in [-0.4, -0.2) is 28.3 Å². The van der Waals surface area contributed by atoms with E-state index >= 15 is 0 Å². The van der Waals surface area contributed by atoms with E-state index in [4.69, 9.17) is 4.74 Å². The van der Waals surface area contributed by atoms with Crippen molar-refractivity contribution in [2.75, 3.05) is 17.2 Å². The van der Waals surface area contributed by atoms with Crippen molar-refractivity contribution in [3.05, 3.63) is 104 Å². The van der Waals surface area contributed by atoms with Crippen LogP contribution in [0.25, 0.3) is 0 Å². The molecular weight excluding hydrogens is 451 g/mol. The summed E-state index contributed by atoms with van der Waals surface area (Å²) in [4.78, 5) is 45.2. The van der Waals surface area contributed by atoms with Crippen molar-refractivity contribution in [1.82, 2.24) is 0 Å². The first-order chi connectivity index (χ1) is 16.2. The van der Waals surface area contributed by atoms with Crippen molar-refractivity contribution in [2.45, 2.75) is 6.54 Å². The number of rotatable bonds is 9. The fraction of sp³-hybridized carbons (Fsp3) is 0.0909. The summed E-state index contributed by atoms with van der Waals surface area (Å²) < 4.78 is 18.1. The largest absolute Gasteiger partial charge is 0.452 e. The molecule has 11 nitrogen and oxygen atoms in total. The molecule has 0 unspecified atom stereocenters. The maximum Gasteiger partial charge on any atom is 0.338 e. The SMILES string of the molecule is O=C(COC(=O)c1ccc(NCc2ccccc2)c([N+](=O)[O-])c1)Nc1ccc(F)cc1[N+](=O)[O-]. The second-order valence-electron chi connectivity index (χ2n) is 6.87. The Kier molecular flexibility index (Phi) is 7.44. The number of halogens is 1. The number of ether oxygens (including phenoxy) is 1. The molecule has 0 aliphatic carbocycles. The molecule has 0 radical (unpaired) electrons. The number of esters is 1. The number of hydrogen-bond acceptors (Lipinski definition) is 8. The molecule has 0 bridgehead atoms. The molecule has 12 heteroatoms. The van der Waals surface area contributed by atoms with E-state index in [2.05, 4.69) is 10.6 Å². The Labute approximate surface area is 191 Å². The number of anilines is 2. The molecule has 0 aromatic heterocycles. The highest BCUT2D eigenvalue weighted by molar-refractivity contribution is 5.97. The summed E-state index contributed by atoms with van der Waals surface area (Å²) in [5.74, 6) is -2.79. The van der Waals surface area contributed by atoms with E-state index in [9.17, 15) is 34.2 Å². The van der Waals surface area contributed by atoms with Gasteiger partial charge in [-0.1, -0.05) is 30.3 Å². The minimum atomic E-state index is -1.01. The van der Waals surface area contributed by atoms with E-state index < -0.39 is 39.8 Å². The highest BCUT2D eigenvalue weighted by atomic mass is 19.1. The van der Waals surface area contributed by atoms with Gasteiger partial charge in [-0.3, -0.25) is 25.0 Å². The summed E-state index contributed by atoms with van der Waals surface area (Å²) in [5, 5.41) is 27.5.